The molecule has 1 aromatic heterocycles. The Morgan fingerprint density at radius 3 is 2.33 bits per heavy atom. The molecule has 2 heterocycles. The van der Waals surface area contributed by atoms with Crippen molar-refractivity contribution in [2.24, 2.45) is 5.73 Å². The predicted molar refractivity (Wildman–Crippen MR) is 102 cm³/mol. The summed E-state index contributed by atoms with van der Waals surface area (Å²) in [5.74, 6) is 1.50. The molecule has 0 saturated carbocycles. The summed E-state index contributed by atoms with van der Waals surface area (Å²) in [6, 6.07) is 7.00. The van der Waals surface area contributed by atoms with Gasteiger partial charge in [0.05, 0.1) is 5.56 Å². The highest BCUT2D eigenvalue weighted by molar-refractivity contribution is 9.10. The molecule has 0 aliphatic carbocycles. The molecule has 1 unspecified atom stereocenters. The van der Waals surface area contributed by atoms with E-state index >= 15 is 0 Å². The van der Waals surface area contributed by atoms with E-state index in [1.807, 2.05) is 6.07 Å². The highest BCUT2D eigenvalue weighted by Gasteiger charge is 2.31. The van der Waals surface area contributed by atoms with Crippen molar-refractivity contribution in [1.82, 2.24) is 14.9 Å². The maximum absolute atomic E-state index is 12.8. The SMILES string of the molecule is NCC(c1ccc(C(F)(F)F)cc1)N1CCN(c2cc(NBr)ncn2)CC1. The van der Waals surface area contributed by atoms with E-state index in [1.54, 1.807) is 0 Å². The summed E-state index contributed by atoms with van der Waals surface area (Å²) in [5.41, 5.74) is 6.08. The van der Waals surface area contributed by atoms with Crippen LogP contribution in [-0.4, -0.2) is 47.6 Å². The van der Waals surface area contributed by atoms with Crippen LogP contribution in [0.2, 0.25) is 0 Å². The number of nitrogens with one attached hydrogen (secondary N) is 1. The van der Waals surface area contributed by atoms with Crippen molar-refractivity contribution in [3.63, 3.8) is 0 Å². The van der Waals surface area contributed by atoms with E-state index in [4.69, 9.17) is 5.73 Å². The molecule has 3 N–H and O–H groups in total. The van der Waals surface area contributed by atoms with E-state index in [9.17, 15) is 13.2 Å². The lowest BCUT2D eigenvalue weighted by molar-refractivity contribution is -0.137. The van der Waals surface area contributed by atoms with Gasteiger partial charge in [-0.05, 0) is 17.7 Å². The van der Waals surface area contributed by atoms with Crippen LogP contribution in [0.25, 0.3) is 0 Å². The summed E-state index contributed by atoms with van der Waals surface area (Å²) in [6.07, 6.45) is -2.83. The first-order valence-electron chi connectivity index (χ1n) is 8.47. The van der Waals surface area contributed by atoms with Crippen molar-refractivity contribution < 1.29 is 13.2 Å². The van der Waals surface area contributed by atoms with Crippen LogP contribution < -0.4 is 15.0 Å². The zero-order valence-corrected chi connectivity index (χ0v) is 16.0. The van der Waals surface area contributed by atoms with Crippen molar-refractivity contribution in [1.29, 1.82) is 0 Å². The lowest BCUT2D eigenvalue weighted by Gasteiger charge is -2.39. The van der Waals surface area contributed by atoms with Gasteiger partial charge in [-0.2, -0.15) is 13.2 Å². The second kappa shape index (κ2) is 8.41. The molecular weight excluding hydrogens is 425 g/mol. The van der Waals surface area contributed by atoms with Crippen LogP contribution in [-0.2, 0) is 6.18 Å². The Labute approximate surface area is 163 Å². The summed E-state index contributed by atoms with van der Waals surface area (Å²) in [5, 5.41) is 0. The zero-order chi connectivity index (χ0) is 19.4. The van der Waals surface area contributed by atoms with Crippen molar-refractivity contribution >= 4 is 27.8 Å². The Morgan fingerprint density at radius 1 is 1.11 bits per heavy atom. The maximum Gasteiger partial charge on any atom is 0.416 e. The van der Waals surface area contributed by atoms with Gasteiger partial charge in [-0.15, -0.1) is 0 Å². The number of piperazine rings is 1. The lowest BCUT2D eigenvalue weighted by Crippen LogP contribution is -2.49. The largest absolute Gasteiger partial charge is 0.416 e. The molecule has 146 valence electrons. The van der Waals surface area contributed by atoms with Gasteiger partial charge in [-0.3, -0.25) is 4.90 Å². The molecule has 2 aromatic rings. The van der Waals surface area contributed by atoms with Gasteiger partial charge in [0.25, 0.3) is 0 Å². The smallest absolute Gasteiger partial charge is 0.354 e. The first kappa shape index (κ1) is 19.8. The van der Waals surface area contributed by atoms with Gasteiger partial charge in [0.15, 0.2) is 0 Å². The lowest BCUT2D eigenvalue weighted by atomic mass is 10.0. The van der Waals surface area contributed by atoms with E-state index in [2.05, 4.69) is 40.3 Å². The number of halogens is 4. The Morgan fingerprint density at radius 2 is 1.78 bits per heavy atom. The van der Waals surface area contributed by atoms with Crippen molar-refractivity contribution in [2.45, 2.75) is 12.2 Å². The Kier molecular flexibility index (Phi) is 6.18. The fraction of sp³-hybridized carbons (Fsp3) is 0.412. The van der Waals surface area contributed by atoms with Gasteiger partial charge < -0.3 is 15.0 Å². The average Bonchev–Trinajstić information content (AvgIpc) is 2.69. The van der Waals surface area contributed by atoms with Crippen LogP contribution in [0.5, 0.6) is 0 Å². The van der Waals surface area contributed by atoms with Gasteiger partial charge in [-0.1, -0.05) is 12.1 Å². The molecule has 6 nitrogen and oxygen atoms in total. The Bertz CT molecular complexity index is 747. The highest BCUT2D eigenvalue weighted by atomic mass is 79.9. The number of alkyl halides is 3. The fourth-order valence-electron chi connectivity index (χ4n) is 3.22. The van der Waals surface area contributed by atoms with Crippen molar-refractivity contribution in [3.8, 4) is 0 Å². The summed E-state index contributed by atoms with van der Waals surface area (Å²) in [6.45, 7) is 3.32. The van der Waals surface area contributed by atoms with Crippen LogP contribution >= 0.6 is 16.1 Å². The van der Waals surface area contributed by atoms with Crippen LogP contribution in [0, 0.1) is 0 Å². The minimum Gasteiger partial charge on any atom is -0.354 e. The maximum atomic E-state index is 12.8. The highest BCUT2D eigenvalue weighted by Crippen LogP contribution is 2.31. The third kappa shape index (κ3) is 4.69. The topological polar surface area (TPSA) is 70.3 Å². The summed E-state index contributed by atoms with van der Waals surface area (Å²) in [4.78, 5) is 12.7. The molecule has 1 aliphatic heterocycles. The van der Waals surface area contributed by atoms with Gasteiger partial charge in [0.2, 0.25) is 0 Å². The minimum absolute atomic E-state index is 0.111. The molecule has 1 aromatic carbocycles. The molecule has 1 atom stereocenters. The average molecular weight is 445 g/mol. The Hall–Kier alpha value is -1.91. The number of hydrogen-bond donors (Lipinski definition) is 2. The normalized spacial score (nSPS) is 17.0. The van der Waals surface area contributed by atoms with Crippen LogP contribution in [0.3, 0.4) is 0 Å². The van der Waals surface area contributed by atoms with E-state index in [0.717, 1.165) is 49.7 Å². The van der Waals surface area contributed by atoms with Crippen molar-refractivity contribution in [3.05, 3.63) is 47.8 Å². The minimum atomic E-state index is -4.33. The van der Waals surface area contributed by atoms with Crippen LogP contribution in [0.15, 0.2) is 36.7 Å². The molecular formula is C17H20BrF3N6. The molecule has 0 bridgehead atoms. The third-order valence-electron chi connectivity index (χ3n) is 4.67. The van der Waals surface area contributed by atoms with E-state index in [1.165, 1.54) is 18.5 Å². The van der Waals surface area contributed by atoms with Gasteiger partial charge in [0.1, 0.15) is 18.0 Å². The number of anilines is 2. The molecule has 0 spiro atoms. The van der Waals surface area contributed by atoms with Crippen LogP contribution in [0.4, 0.5) is 24.8 Å². The number of hydrogen-bond acceptors (Lipinski definition) is 6. The van der Waals surface area contributed by atoms with Crippen molar-refractivity contribution in [2.75, 3.05) is 42.0 Å². The second-order valence-corrected chi connectivity index (χ2v) is 6.65. The second-order valence-electron chi connectivity index (χ2n) is 6.25. The van der Waals surface area contributed by atoms with E-state index < -0.39 is 11.7 Å². The molecule has 0 amide bonds. The summed E-state index contributed by atoms with van der Waals surface area (Å²) in [7, 11) is 0. The molecule has 0 radical (unpaired) electrons. The first-order valence-corrected chi connectivity index (χ1v) is 9.26. The number of aromatic nitrogens is 2. The number of nitrogens with two attached hydrogens (primary N) is 1. The zero-order valence-electron chi connectivity index (χ0n) is 14.5. The van der Waals surface area contributed by atoms with Crippen LogP contribution in [0.1, 0.15) is 17.2 Å². The molecule has 1 saturated heterocycles. The fourth-order valence-corrected chi connectivity index (χ4v) is 3.44. The quantitative estimate of drug-likeness (QED) is 0.690. The number of rotatable bonds is 5. The molecule has 1 fully saturated rings. The summed E-state index contributed by atoms with van der Waals surface area (Å²) >= 11 is 3.15. The van der Waals surface area contributed by atoms with E-state index in [-0.39, 0.29) is 6.04 Å². The number of nitrogens with zero attached hydrogens (tertiary/aromatic N) is 4. The molecule has 27 heavy (non-hydrogen) atoms. The number of benzene rings is 1. The predicted octanol–water partition coefficient (Wildman–Crippen LogP) is 3.04. The third-order valence-corrected chi connectivity index (χ3v) is 5.08. The Balaban J connectivity index is 1.66. The van der Waals surface area contributed by atoms with E-state index in [0.29, 0.717) is 12.4 Å². The molecule has 10 heteroatoms. The van der Waals surface area contributed by atoms with Gasteiger partial charge in [-0.25, -0.2) is 9.97 Å². The van der Waals surface area contributed by atoms with Gasteiger partial charge in [0, 0.05) is 61.0 Å². The standard InChI is InChI=1S/C17H20BrF3N6/c18-25-15-9-16(24-11-23-15)27-7-5-26(6-8-27)14(10-22)12-1-3-13(4-2-12)17(19,20)21/h1-4,9,11,14H,5-8,10,22H2,(H,23,24,25). The molecule has 3 rings (SSSR count). The first-order chi connectivity index (χ1) is 12.9. The van der Waals surface area contributed by atoms with Gasteiger partial charge >= 0.3 is 6.18 Å². The summed E-state index contributed by atoms with van der Waals surface area (Å²) < 4.78 is 41.1. The molecule has 1 aliphatic rings. The monoisotopic (exact) mass is 444 g/mol.